The molecule has 0 nitrogen and oxygen atoms in total. The van der Waals surface area contributed by atoms with Gasteiger partial charge in [0.25, 0.3) is 0 Å². The predicted octanol–water partition coefficient (Wildman–Crippen LogP) is 8.90. The van der Waals surface area contributed by atoms with Crippen LogP contribution in [0.3, 0.4) is 0 Å². The number of hydrogen-bond donors (Lipinski definition) is 0. The van der Waals surface area contributed by atoms with E-state index in [1.165, 1.54) is 70.2 Å². The minimum absolute atomic E-state index is 0.510. The van der Waals surface area contributed by atoms with Gasteiger partial charge in [-0.1, -0.05) is 85.7 Å². The number of rotatable bonds is 5. The summed E-state index contributed by atoms with van der Waals surface area (Å²) in [5.74, 6) is 4.51. The molecule has 2 aromatic rings. The Morgan fingerprint density at radius 3 is 2.35 bits per heavy atom. The Kier molecular flexibility index (Phi) is 5.28. The lowest BCUT2D eigenvalue weighted by Crippen LogP contribution is -2.10. The van der Waals surface area contributed by atoms with Crippen LogP contribution < -0.4 is 0 Å². The molecule has 0 heterocycles. The molecule has 0 heteroatoms. The molecule has 3 saturated carbocycles. The van der Waals surface area contributed by atoms with Crippen molar-refractivity contribution < 1.29 is 0 Å². The van der Waals surface area contributed by atoms with Gasteiger partial charge in [0.15, 0.2) is 0 Å². The lowest BCUT2D eigenvalue weighted by Gasteiger charge is -2.22. The molecule has 34 heavy (non-hydrogen) atoms. The number of benzene rings is 2. The van der Waals surface area contributed by atoms with Crippen LogP contribution in [-0.4, -0.2) is 0 Å². The monoisotopic (exact) mass is 448 g/mol. The highest BCUT2D eigenvalue weighted by Crippen LogP contribution is 2.61. The summed E-state index contributed by atoms with van der Waals surface area (Å²) >= 11 is 0. The van der Waals surface area contributed by atoms with Crippen molar-refractivity contribution in [2.75, 3.05) is 0 Å². The highest BCUT2D eigenvalue weighted by Gasteiger charge is 2.51. The molecule has 0 saturated heterocycles. The van der Waals surface area contributed by atoms with E-state index in [9.17, 15) is 0 Å². The van der Waals surface area contributed by atoms with Crippen molar-refractivity contribution in [3.05, 3.63) is 88.0 Å². The first-order valence-electron chi connectivity index (χ1n) is 13.6. The predicted molar refractivity (Wildman–Crippen MR) is 146 cm³/mol. The Bertz CT molecular complexity index is 1200. The van der Waals surface area contributed by atoms with Crippen LogP contribution in [-0.2, 0) is 12.8 Å². The van der Waals surface area contributed by atoms with Gasteiger partial charge in [-0.2, -0.15) is 0 Å². The highest BCUT2D eigenvalue weighted by atomic mass is 14.6. The van der Waals surface area contributed by atoms with E-state index in [1.54, 1.807) is 11.1 Å². The van der Waals surface area contributed by atoms with Gasteiger partial charge in [-0.25, -0.2) is 0 Å². The van der Waals surface area contributed by atoms with E-state index < -0.39 is 0 Å². The Hall–Kier alpha value is -2.34. The molecule has 0 radical (unpaired) electrons. The third-order valence-corrected chi connectivity index (χ3v) is 9.74. The van der Waals surface area contributed by atoms with Crippen molar-refractivity contribution in [3.8, 4) is 11.1 Å². The van der Waals surface area contributed by atoms with E-state index in [0.29, 0.717) is 5.92 Å². The second-order valence-corrected chi connectivity index (χ2v) is 12.3. The van der Waals surface area contributed by atoms with Gasteiger partial charge >= 0.3 is 0 Å². The molecule has 0 aromatic heterocycles. The number of hydrogen-bond acceptors (Lipinski definition) is 0. The zero-order valence-corrected chi connectivity index (χ0v) is 21.6. The van der Waals surface area contributed by atoms with Crippen molar-refractivity contribution in [1.29, 1.82) is 0 Å². The van der Waals surface area contributed by atoms with Gasteiger partial charge in [0, 0.05) is 5.92 Å². The molecule has 4 aliphatic rings. The molecule has 0 spiro atoms. The highest BCUT2D eigenvalue weighted by molar-refractivity contribution is 5.80. The van der Waals surface area contributed by atoms with E-state index >= 15 is 0 Å². The molecule has 2 aromatic carbocycles. The van der Waals surface area contributed by atoms with Gasteiger partial charge in [-0.15, -0.1) is 0 Å². The maximum absolute atomic E-state index is 4.47. The standard InChI is InChI=1S/C34H40/c1-19-10-21(3)27(12-19)17-29-22(4)11-20(2)13-34(29)28-9-7-8-26-14-25(16-33(26)28)15-30-23(5)31-18-32(31)24(30)6/h7-9,11,13-14,19,21,27,30-32H,5-6,10,12,15-18H2,1-4H3/t19?,21-,27-,30?,31?,32?/m0/s1. The molecule has 0 N–H and O–H groups in total. The Balaban J connectivity index is 1.31. The summed E-state index contributed by atoms with van der Waals surface area (Å²) < 4.78 is 0. The first-order chi connectivity index (χ1) is 16.3. The van der Waals surface area contributed by atoms with Crippen molar-refractivity contribution in [2.45, 2.75) is 66.2 Å². The van der Waals surface area contributed by atoms with Crippen LogP contribution in [0.2, 0.25) is 0 Å². The van der Waals surface area contributed by atoms with Crippen LogP contribution in [0.5, 0.6) is 0 Å². The smallest absolute Gasteiger partial charge is 0.00449 e. The maximum atomic E-state index is 4.47. The fraction of sp³-hybridized carbons (Fsp3) is 0.471. The fourth-order valence-corrected chi connectivity index (χ4v) is 7.84. The van der Waals surface area contributed by atoms with Crippen LogP contribution in [0, 0.1) is 49.4 Å². The normalized spacial score (nSPS) is 31.6. The minimum atomic E-state index is 0.510. The molecule has 0 aliphatic heterocycles. The molecule has 4 aliphatic carbocycles. The topological polar surface area (TPSA) is 0 Å². The fourth-order valence-electron chi connectivity index (χ4n) is 7.84. The molecule has 0 amide bonds. The summed E-state index contributed by atoms with van der Waals surface area (Å²) in [6.45, 7) is 18.4. The van der Waals surface area contributed by atoms with Crippen molar-refractivity contribution in [2.24, 2.45) is 35.5 Å². The van der Waals surface area contributed by atoms with Crippen LogP contribution in [0.25, 0.3) is 17.2 Å². The molecule has 0 bridgehead atoms. The molecule has 3 unspecified atom stereocenters. The molecular weight excluding hydrogens is 408 g/mol. The van der Waals surface area contributed by atoms with Crippen LogP contribution in [0.1, 0.15) is 67.3 Å². The van der Waals surface area contributed by atoms with Gasteiger partial charge in [-0.05, 0) is 115 Å². The van der Waals surface area contributed by atoms with E-state index in [-0.39, 0.29) is 0 Å². The van der Waals surface area contributed by atoms with E-state index in [0.717, 1.165) is 42.4 Å². The SMILES string of the molecule is C=C1C(CC2=Cc3cccc(-c4cc(C)cc(C)c4C[C@@H]4CC(C)C[C@@H]4C)c3C2)C(=C)C2CC12. The third-order valence-electron chi connectivity index (χ3n) is 9.74. The summed E-state index contributed by atoms with van der Waals surface area (Å²) in [5.41, 5.74) is 14.9. The first kappa shape index (κ1) is 22.1. The number of allylic oxidation sites excluding steroid dienone is 3. The summed E-state index contributed by atoms with van der Waals surface area (Å²) in [4.78, 5) is 0. The molecule has 176 valence electrons. The average Bonchev–Trinajstić information content (AvgIpc) is 3.30. The average molecular weight is 449 g/mol. The summed E-state index contributed by atoms with van der Waals surface area (Å²) in [6.07, 6.45) is 9.98. The molecule has 5 atom stereocenters. The molecule has 6 rings (SSSR count). The maximum Gasteiger partial charge on any atom is 0.00449 e. The van der Waals surface area contributed by atoms with E-state index in [2.05, 4.69) is 77.3 Å². The third kappa shape index (κ3) is 3.65. The van der Waals surface area contributed by atoms with Crippen molar-refractivity contribution in [1.82, 2.24) is 0 Å². The number of fused-ring (bicyclic) bond motifs is 2. The Morgan fingerprint density at radius 2 is 1.65 bits per heavy atom. The van der Waals surface area contributed by atoms with Crippen molar-refractivity contribution in [3.63, 3.8) is 0 Å². The lowest BCUT2D eigenvalue weighted by atomic mass is 9.82. The minimum Gasteiger partial charge on any atom is -0.0989 e. The van der Waals surface area contributed by atoms with Crippen LogP contribution >= 0.6 is 0 Å². The van der Waals surface area contributed by atoms with E-state index in [4.69, 9.17) is 0 Å². The first-order valence-corrected chi connectivity index (χ1v) is 13.6. The van der Waals surface area contributed by atoms with Gasteiger partial charge in [0.1, 0.15) is 0 Å². The Morgan fingerprint density at radius 1 is 0.882 bits per heavy atom. The quantitative estimate of drug-likeness (QED) is 0.401. The van der Waals surface area contributed by atoms with Gasteiger partial charge in [0.2, 0.25) is 0 Å². The molecule has 3 fully saturated rings. The number of aryl methyl sites for hydroxylation is 2. The van der Waals surface area contributed by atoms with Crippen molar-refractivity contribution >= 4 is 6.08 Å². The summed E-state index contributed by atoms with van der Waals surface area (Å²) in [5, 5.41) is 0. The van der Waals surface area contributed by atoms with Crippen LogP contribution in [0.15, 0.2) is 60.2 Å². The second kappa shape index (κ2) is 8.11. The largest absolute Gasteiger partial charge is 0.0989 e. The van der Waals surface area contributed by atoms with Gasteiger partial charge in [0.05, 0.1) is 0 Å². The van der Waals surface area contributed by atoms with E-state index in [1.807, 2.05) is 0 Å². The zero-order valence-electron chi connectivity index (χ0n) is 21.6. The zero-order chi connectivity index (χ0) is 23.7. The van der Waals surface area contributed by atoms with Crippen LogP contribution in [0.4, 0.5) is 0 Å². The Labute approximate surface area is 206 Å². The second-order valence-electron chi connectivity index (χ2n) is 12.3. The summed E-state index contributed by atoms with van der Waals surface area (Å²) in [6, 6.07) is 11.9. The molecular formula is C34H40. The van der Waals surface area contributed by atoms with Gasteiger partial charge in [-0.3, -0.25) is 0 Å². The summed E-state index contributed by atoms with van der Waals surface area (Å²) in [7, 11) is 0. The van der Waals surface area contributed by atoms with Gasteiger partial charge < -0.3 is 0 Å². The lowest BCUT2D eigenvalue weighted by molar-refractivity contribution is 0.416.